The maximum atomic E-state index is 15.0. The summed E-state index contributed by atoms with van der Waals surface area (Å²) in [5.41, 5.74) is 5.60. The molecule has 1 unspecified atom stereocenters. The van der Waals surface area contributed by atoms with Gasteiger partial charge >= 0.3 is 0 Å². The number of aliphatic imine (C=N–C) groups is 1. The summed E-state index contributed by atoms with van der Waals surface area (Å²) < 4.78 is 71.5. The molecule has 1 aliphatic carbocycles. The standard InChI is InChI=1S/C22H21F3N6O3S/c1-20(11-35(32,33)21(19(26)31-20)9-22(24,25)10-21)13-7-12(3-4-14(13)23)29-18-17-15(5-6-27-18)30-16(34-2)8-28-17/h3-8H,9-11H2,1-2H3,(H2,26,31)(H,27,29). The van der Waals surface area contributed by atoms with Crippen molar-refractivity contribution in [1.82, 2.24) is 15.0 Å². The lowest BCUT2D eigenvalue weighted by Crippen LogP contribution is -2.68. The van der Waals surface area contributed by atoms with E-state index in [1.807, 2.05) is 0 Å². The molecule has 0 amide bonds. The maximum Gasteiger partial charge on any atom is 0.252 e. The fourth-order valence-corrected chi connectivity index (χ4v) is 7.12. The fourth-order valence-electron chi connectivity index (χ4n) is 4.66. The maximum absolute atomic E-state index is 15.0. The van der Waals surface area contributed by atoms with Crippen molar-refractivity contribution >= 4 is 38.2 Å². The number of halogens is 3. The van der Waals surface area contributed by atoms with E-state index in [1.165, 1.54) is 38.6 Å². The van der Waals surface area contributed by atoms with E-state index in [9.17, 15) is 21.6 Å². The lowest BCUT2D eigenvalue weighted by Gasteiger charge is -2.50. The van der Waals surface area contributed by atoms with Gasteiger partial charge in [-0.1, -0.05) is 0 Å². The van der Waals surface area contributed by atoms with Crippen LogP contribution in [0.5, 0.6) is 5.88 Å². The molecule has 2 aliphatic rings. The van der Waals surface area contributed by atoms with Crippen LogP contribution in [-0.4, -0.2) is 52.7 Å². The highest BCUT2D eigenvalue weighted by molar-refractivity contribution is 7.93. The number of ether oxygens (including phenoxy) is 1. The third-order valence-corrected chi connectivity index (χ3v) is 9.08. The third kappa shape index (κ3) is 3.65. The van der Waals surface area contributed by atoms with Crippen LogP contribution in [0.25, 0.3) is 11.0 Å². The molecule has 9 nitrogen and oxygen atoms in total. The molecule has 3 N–H and O–H groups in total. The molecule has 1 spiro atoms. The Kier molecular flexibility index (Phi) is 4.99. The number of alkyl halides is 2. The Morgan fingerprint density at radius 3 is 2.57 bits per heavy atom. The zero-order valence-corrected chi connectivity index (χ0v) is 19.5. The summed E-state index contributed by atoms with van der Waals surface area (Å²) in [6, 6.07) is 5.64. The monoisotopic (exact) mass is 506 g/mol. The average Bonchev–Trinajstić information content (AvgIpc) is 2.76. The molecular formula is C22H21F3N6O3S. The molecule has 5 rings (SSSR count). The van der Waals surface area contributed by atoms with Crippen molar-refractivity contribution in [3.63, 3.8) is 0 Å². The number of benzene rings is 1. The van der Waals surface area contributed by atoms with Crippen molar-refractivity contribution in [2.45, 2.75) is 36.0 Å². The van der Waals surface area contributed by atoms with Gasteiger partial charge in [-0.25, -0.2) is 36.5 Å². The lowest BCUT2D eigenvalue weighted by molar-refractivity contribution is -0.0828. The van der Waals surface area contributed by atoms with Crippen LogP contribution in [0.4, 0.5) is 24.7 Å². The molecule has 0 bridgehead atoms. The second kappa shape index (κ2) is 7.51. The van der Waals surface area contributed by atoms with E-state index in [4.69, 9.17) is 10.5 Å². The first-order valence-electron chi connectivity index (χ1n) is 10.6. The minimum atomic E-state index is -4.15. The average molecular weight is 507 g/mol. The number of fused-ring (bicyclic) bond motifs is 1. The molecular weight excluding hydrogens is 485 g/mol. The molecule has 2 aromatic heterocycles. The largest absolute Gasteiger partial charge is 0.480 e. The summed E-state index contributed by atoms with van der Waals surface area (Å²) in [5.74, 6) is -4.27. The Morgan fingerprint density at radius 2 is 1.91 bits per heavy atom. The van der Waals surface area contributed by atoms with E-state index in [2.05, 4.69) is 25.3 Å². The van der Waals surface area contributed by atoms with Crippen molar-refractivity contribution < 1.29 is 26.3 Å². The zero-order valence-electron chi connectivity index (χ0n) is 18.7. The predicted molar refractivity (Wildman–Crippen MR) is 123 cm³/mol. The summed E-state index contributed by atoms with van der Waals surface area (Å²) in [6.45, 7) is 1.41. The van der Waals surface area contributed by atoms with E-state index in [-0.39, 0.29) is 5.56 Å². The van der Waals surface area contributed by atoms with Gasteiger partial charge in [0.25, 0.3) is 5.92 Å². The number of methoxy groups -OCH3 is 1. The number of aromatic nitrogens is 3. The number of nitrogens with zero attached hydrogens (tertiary/aromatic N) is 4. The molecule has 0 saturated heterocycles. The van der Waals surface area contributed by atoms with Crippen LogP contribution in [0.3, 0.4) is 0 Å². The van der Waals surface area contributed by atoms with Gasteiger partial charge in [0.05, 0.1) is 24.6 Å². The van der Waals surface area contributed by atoms with Gasteiger partial charge in [0.2, 0.25) is 5.88 Å². The highest BCUT2D eigenvalue weighted by Crippen LogP contribution is 2.54. The summed E-state index contributed by atoms with van der Waals surface area (Å²) in [4.78, 5) is 17.1. The van der Waals surface area contributed by atoms with Gasteiger partial charge < -0.3 is 15.8 Å². The molecule has 1 atom stereocenters. The van der Waals surface area contributed by atoms with E-state index < -0.39 is 56.3 Å². The van der Waals surface area contributed by atoms with Crippen molar-refractivity contribution in [3.05, 3.63) is 48.0 Å². The van der Waals surface area contributed by atoms with Crippen molar-refractivity contribution in [2.75, 3.05) is 18.2 Å². The highest BCUT2D eigenvalue weighted by atomic mass is 32.2. The van der Waals surface area contributed by atoms with Gasteiger partial charge in [-0.2, -0.15) is 0 Å². The first-order valence-corrected chi connectivity index (χ1v) is 12.2. The van der Waals surface area contributed by atoms with Crippen LogP contribution in [0.2, 0.25) is 0 Å². The predicted octanol–water partition coefficient (Wildman–Crippen LogP) is 3.08. The smallest absolute Gasteiger partial charge is 0.252 e. The minimum Gasteiger partial charge on any atom is -0.480 e. The van der Waals surface area contributed by atoms with Crippen LogP contribution in [0.1, 0.15) is 25.3 Å². The zero-order chi connectivity index (χ0) is 25.2. The SMILES string of the molecule is COc1cnc2c(Nc3ccc(F)c(C4(C)CS(=O)(=O)C5(CC(F)(F)C5)C(N)=N4)c3)nccc2n1. The van der Waals surface area contributed by atoms with Crippen LogP contribution in [0.15, 0.2) is 41.7 Å². The molecule has 13 heteroatoms. The minimum absolute atomic E-state index is 0.0528. The van der Waals surface area contributed by atoms with Crippen LogP contribution >= 0.6 is 0 Å². The number of anilines is 2. The van der Waals surface area contributed by atoms with Gasteiger partial charge in [-0.05, 0) is 31.2 Å². The molecule has 1 aliphatic heterocycles. The van der Waals surface area contributed by atoms with Gasteiger partial charge in [0.1, 0.15) is 27.5 Å². The summed E-state index contributed by atoms with van der Waals surface area (Å²) in [5, 5.41) is 3.04. The molecule has 1 aromatic carbocycles. The van der Waals surface area contributed by atoms with Crippen LogP contribution in [0, 0.1) is 5.82 Å². The molecule has 1 saturated carbocycles. The Labute approximate surface area is 198 Å². The topological polar surface area (TPSA) is 132 Å². The van der Waals surface area contributed by atoms with Gasteiger partial charge in [-0.3, -0.25) is 4.99 Å². The molecule has 184 valence electrons. The number of amidine groups is 1. The Balaban J connectivity index is 1.53. The molecule has 35 heavy (non-hydrogen) atoms. The first kappa shape index (κ1) is 23.3. The fraction of sp³-hybridized carbons (Fsp3) is 0.364. The lowest BCUT2D eigenvalue weighted by atomic mass is 9.78. The summed E-state index contributed by atoms with van der Waals surface area (Å²) in [6.07, 6.45) is 1.10. The first-order chi connectivity index (χ1) is 16.4. The van der Waals surface area contributed by atoms with Crippen molar-refractivity contribution in [2.24, 2.45) is 10.7 Å². The van der Waals surface area contributed by atoms with Gasteiger partial charge in [-0.15, -0.1) is 0 Å². The number of sulfone groups is 1. The normalized spacial score (nSPS) is 24.0. The van der Waals surface area contributed by atoms with E-state index in [0.29, 0.717) is 28.4 Å². The quantitative estimate of drug-likeness (QED) is 0.552. The second-order valence-electron chi connectivity index (χ2n) is 8.99. The Bertz CT molecular complexity index is 1490. The number of rotatable bonds is 4. The van der Waals surface area contributed by atoms with Crippen molar-refractivity contribution in [3.8, 4) is 5.88 Å². The van der Waals surface area contributed by atoms with Gasteiger partial charge in [0.15, 0.2) is 15.7 Å². The number of hydrogen-bond acceptors (Lipinski definition) is 9. The summed E-state index contributed by atoms with van der Waals surface area (Å²) in [7, 11) is -2.68. The number of nitrogens with one attached hydrogen (secondary N) is 1. The third-order valence-electron chi connectivity index (χ3n) is 6.44. The number of hydrogen-bond donors (Lipinski definition) is 2. The molecule has 3 heterocycles. The van der Waals surface area contributed by atoms with Crippen LogP contribution < -0.4 is 15.8 Å². The summed E-state index contributed by atoms with van der Waals surface area (Å²) >= 11 is 0. The van der Waals surface area contributed by atoms with Gasteiger partial charge in [0, 0.05) is 30.3 Å². The van der Waals surface area contributed by atoms with Crippen LogP contribution in [-0.2, 0) is 15.4 Å². The number of pyridine rings is 1. The highest BCUT2D eigenvalue weighted by Gasteiger charge is 2.68. The molecule has 0 radical (unpaired) electrons. The number of nitrogens with two attached hydrogens (primary N) is 1. The molecule has 1 fully saturated rings. The van der Waals surface area contributed by atoms with Crippen molar-refractivity contribution in [1.29, 1.82) is 0 Å². The van der Waals surface area contributed by atoms with E-state index >= 15 is 0 Å². The van der Waals surface area contributed by atoms with E-state index in [1.54, 1.807) is 6.07 Å². The Morgan fingerprint density at radius 1 is 1.17 bits per heavy atom. The Hall–Kier alpha value is -3.48. The molecule has 3 aromatic rings. The second-order valence-corrected chi connectivity index (χ2v) is 11.3. The van der Waals surface area contributed by atoms with E-state index in [0.717, 1.165) is 6.07 Å².